The molecule has 0 aromatic carbocycles. The minimum atomic E-state index is 0.770. The molecule has 2 unspecified atom stereocenters. The van der Waals surface area contributed by atoms with E-state index < -0.39 is 0 Å². The van der Waals surface area contributed by atoms with Crippen LogP contribution in [0.5, 0.6) is 0 Å². The summed E-state index contributed by atoms with van der Waals surface area (Å²) in [5.41, 5.74) is 0. The Labute approximate surface area is 93.7 Å². The lowest BCUT2D eigenvalue weighted by molar-refractivity contribution is 0.0354. The summed E-state index contributed by atoms with van der Waals surface area (Å²) < 4.78 is 0. The molecule has 0 radical (unpaired) electrons. The molecule has 86 valence electrons. The summed E-state index contributed by atoms with van der Waals surface area (Å²) in [6.45, 7) is 8.30. The predicted octanol–water partition coefficient (Wildman–Crippen LogP) is 2.17. The summed E-state index contributed by atoms with van der Waals surface area (Å²) in [7, 11) is 0. The molecule has 0 aliphatic carbocycles. The number of fused-ring (bicyclic) bond motifs is 2. The van der Waals surface area contributed by atoms with Gasteiger partial charge in [-0.2, -0.15) is 0 Å². The second kappa shape index (κ2) is 5.13. The van der Waals surface area contributed by atoms with Crippen LogP contribution in [0.25, 0.3) is 0 Å². The first-order chi connectivity index (χ1) is 7.35. The van der Waals surface area contributed by atoms with Crippen LogP contribution in [0.3, 0.4) is 0 Å². The Balaban J connectivity index is 1.98. The van der Waals surface area contributed by atoms with Gasteiger partial charge >= 0.3 is 0 Å². The second-order valence-corrected chi connectivity index (χ2v) is 4.95. The van der Waals surface area contributed by atoms with Gasteiger partial charge in [0.25, 0.3) is 0 Å². The van der Waals surface area contributed by atoms with Crippen LogP contribution < -0.4 is 5.32 Å². The van der Waals surface area contributed by atoms with Crippen molar-refractivity contribution < 1.29 is 0 Å². The average molecular weight is 208 g/mol. The highest BCUT2D eigenvalue weighted by Crippen LogP contribution is 2.33. The molecule has 2 rings (SSSR count). The van der Waals surface area contributed by atoms with E-state index in [1.165, 1.54) is 32.1 Å². The third kappa shape index (κ3) is 2.43. The summed E-state index contributed by atoms with van der Waals surface area (Å²) in [5.74, 6) is 0. The Bertz CT molecular complexity index is 201. The fourth-order valence-electron chi connectivity index (χ4n) is 3.38. The first kappa shape index (κ1) is 11.2. The van der Waals surface area contributed by atoms with Crippen molar-refractivity contribution in [2.45, 2.75) is 57.2 Å². The van der Waals surface area contributed by atoms with Crippen molar-refractivity contribution in [2.24, 2.45) is 0 Å². The van der Waals surface area contributed by atoms with Gasteiger partial charge in [0.15, 0.2) is 0 Å². The molecule has 0 amide bonds. The molecule has 2 bridgehead atoms. The highest BCUT2D eigenvalue weighted by Gasteiger charge is 2.36. The molecule has 2 nitrogen and oxygen atoms in total. The summed E-state index contributed by atoms with van der Waals surface area (Å²) in [6, 6.07) is 2.41. The van der Waals surface area contributed by atoms with Gasteiger partial charge in [0.1, 0.15) is 0 Å². The van der Waals surface area contributed by atoms with Gasteiger partial charge in [0.05, 0.1) is 0 Å². The van der Waals surface area contributed by atoms with E-state index in [1.54, 1.807) is 0 Å². The Morgan fingerprint density at radius 3 is 2.53 bits per heavy atom. The molecular weight excluding hydrogens is 184 g/mol. The molecule has 2 fully saturated rings. The van der Waals surface area contributed by atoms with Crippen LogP contribution in [-0.2, 0) is 0 Å². The number of nitrogens with zero attached hydrogens (tertiary/aromatic N) is 1. The largest absolute Gasteiger partial charge is 0.314 e. The minimum absolute atomic E-state index is 0.770. The molecule has 2 saturated heterocycles. The first-order valence-corrected chi connectivity index (χ1v) is 6.45. The maximum absolute atomic E-state index is 3.88. The maximum Gasteiger partial charge on any atom is 0.0166 e. The molecule has 0 spiro atoms. The number of nitrogens with one attached hydrogen (secondary N) is 1. The van der Waals surface area contributed by atoms with Gasteiger partial charge < -0.3 is 5.32 Å². The van der Waals surface area contributed by atoms with E-state index in [4.69, 9.17) is 0 Å². The van der Waals surface area contributed by atoms with Crippen LogP contribution in [0.2, 0.25) is 0 Å². The lowest BCUT2D eigenvalue weighted by atomic mass is 9.82. The van der Waals surface area contributed by atoms with E-state index in [0.29, 0.717) is 0 Å². The third-order valence-electron chi connectivity index (χ3n) is 3.96. The van der Waals surface area contributed by atoms with Gasteiger partial charge in [-0.1, -0.05) is 19.4 Å². The summed E-state index contributed by atoms with van der Waals surface area (Å²) in [5, 5.41) is 3.62. The standard InChI is InChI=1S/C13H24N2/c1-3-8-15-12-6-5-7-13(15)10-11(9-12)14-4-2/h3,11-14H,1,4-10H2,2H3. The SMILES string of the molecule is C=CCN1C2CCCC1CC(NCC)C2. The summed E-state index contributed by atoms with van der Waals surface area (Å²) in [6.07, 6.45) is 8.98. The zero-order chi connectivity index (χ0) is 10.7. The Morgan fingerprint density at radius 1 is 1.33 bits per heavy atom. The number of hydrogen-bond donors (Lipinski definition) is 1. The summed E-state index contributed by atoms with van der Waals surface area (Å²) in [4.78, 5) is 2.68. The lowest BCUT2D eigenvalue weighted by Gasteiger charge is -2.48. The van der Waals surface area contributed by atoms with Crippen molar-refractivity contribution in [1.82, 2.24) is 10.2 Å². The molecule has 2 heteroatoms. The van der Waals surface area contributed by atoms with Crippen molar-refractivity contribution in [1.29, 1.82) is 0 Å². The number of rotatable bonds is 4. The average Bonchev–Trinajstić information content (AvgIpc) is 2.19. The molecule has 0 saturated carbocycles. The topological polar surface area (TPSA) is 15.3 Å². The van der Waals surface area contributed by atoms with E-state index in [-0.39, 0.29) is 0 Å². The molecule has 1 N–H and O–H groups in total. The predicted molar refractivity (Wildman–Crippen MR) is 65.0 cm³/mol. The third-order valence-corrected chi connectivity index (χ3v) is 3.96. The van der Waals surface area contributed by atoms with Gasteiger partial charge in [-0.05, 0) is 32.2 Å². The molecule has 2 aliphatic rings. The van der Waals surface area contributed by atoms with Crippen LogP contribution in [-0.4, -0.2) is 36.1 Å². The van der Waals surface area contributed by atoms with Crippen LogP contribution in [0.15, 0.2) is 12.7 Å². The van der Waals surface area contributed by atoms with Crippen LogP contribution in [0.1, 0.15) is 39.0 Å². The quantitative estimate of drug-likeness (QED) is 0.712. The maximum atomic E-state index is 3.88. The van der Waals surface area contributed by atoms with Crippen molar-refractivity contribution >= 4 is 0 Å². The normalized spacial score (nSPS) is 36.5. The van der Waals surface area contributed by atoms with Gasteiger partial charge in [0, 0.05) is 24.7 Å². The molecular formula is C13H24N2. The van der Waals surface area contributed by atoms with E-state index >= 15 is 0 Å². The van der Waals surface area contributed by atoms with E-state index in [0.717, 1.165) is 31.2 Å². The molecule has 0 aromatic rings. The molecule has 15 heavy (non-hydrogen) atoms. The van der Waals surface area contributed by atoms with E-state index in [1.807, 2.05) is 0 Å². The Hall–Kier alpha value is -0.340. The van der Waals surface area contributed by atoms with Crippen molar-refractivity contribution in [2.75, 3.05) is 13.1 Å². The van der Waals surface area contributed by atoms with Gasteiger partial charge in [-0.3, -0.25) is 4.90 Å². The van der Waals surface area contributed by atoms with Crippen LogP contribution in [0.4, 0.5) is 0 Å². The highest BCUT2D eigenvalue weighted by atomic mass is 15.2. The smallest absolute Gasteiger partial charge is 0.0166 e. The molecule has 2 aliphatic heterocycles. The van der Waals surface area contributed by atoms with Crippen LogP contribution >= 0.6 is 0 Å². The monoisotopic (exact) mass is 208 g/mol. The Kier molecular flexibility index (Phi) is 3.81. The number of hydrogen-bond acceptors (Lipinski definition) is 2. The fourth-order valence-corrected chi connectivity index (χ4v) is 3.38. The highest BCUT2D eigenvalue weighted by molar-refractivity contribution is 4.96. The van der Waals surface area contributed by atoms with Gasteiger partial charge in [-0.15, -0.1) is 6.58 Å². The Morgan fingerprint density at radius 2 is 2.00 bits per heavy atom. The number of piperidine rings is 2. The van der Waals surface area contributed by atoms with E-state index in [2.05, 4.69) is 29.8 Å². The van der Waals surface area contributed by atoms with Crippen LogP contribution in [0, 0.1) is 0 Å². The summed E-state index contributed by atoms with van der Waals surface area (Å²) >= 11 is 0. The van der Waals surface area contributed by atoms with Crippen molar-refractivity contribution in [3.8, 4) is 0 Å². The zero-order valence-corrected chi connectivity index (χ0v) is 9.91. The van der Waals surface area contributed by atoms with Crippen molar-refractivity contribution in [3.63, 3.8) is 0 Å². The van der Waals surface area contributed by atoms with E-state index in [9.17, 15) is 0 Å². The fraction of sp³-hybridized carbons (Fsp3) is 0.846. The zero-order valence-electron chi connectivity index (χ0n) is 9.91. The van der Waals surface area contributed by atoms with Crippen molar-refractivity contribution in [3.05, 3.63) is 12.7 Å². The molecule has 2 heterocycles. The van der Waals surface area contributed by atoms with Gasteiger partial charge in [0.2, 0.25) is 0 Å². The minimum Gasteiger partial charge on any atom is -0.314 e. The lowest BCUT2D eigenvalue weighted by Crippen LogP contribution is -2.56. The van der Waals surface area contributed by atoms with Gasteiger partial charge in [-0.25, -0.2) is 0 Å². The first-order valence-electron chi connectivity index (χ1n) is 6.45. The molecule has 2 atom stereocenters. The molecule has 0 aromatic heterocycles. The second-order valence-electron chi connectivity index (χ2n) is 4.95.